The van der Waals surface area contributed by atoms with Crippen molar-refractivity contribution in [1.29, 1.82) is 0 Å². The average Bonchev–Trinajstić information content (AvgIpc) is 2.27. The molecule has 1 aromatic rings. The Morgan fingerprint density at radius 3 is 2.53 bits per heavy atom. The van der Waals surface area contributed by atoms with Crippen LogP contribution in [0.2, 0.25) is 0 Å². The quantitative estimate of drug-likeness (QED) is 0.431. The maximum absolute atomic E-state index is 11.2. The van der Waals surface area contributed by atoms with Crippen LogP contribution in [0.15, 0.2) is 18.2 Å². The molecule has 15 heavy (non-hydrogen) atoms. The van der Waals surface area contributed by atoms with Crippen LogP contribution in [0.5, 0.6) is 5.75 Å². The predicted octanol–water partition coefficient (Wildman–Crippen LogP) is 2.20. The molecule has 3 heteroatoms. The second-order valence-corrected chi connectivity index (χ2v) is 3.59. The number of ketones is 1. The van der Waals surface area contributed by atoms with Gasteiger partial charge >= 0.3 is 0 Å². The van der Waals surface area contributed by atoms with E-state index >= 15 is 0 Å². The molecule has 0 unspecified atom stereocenters. The monoisotopic (exact) mass is 206 g/mol. The number of methoxy groups -OCH3 is 1. The molecule has 0 aliphatic carbocycles. The van der Waals surface area contributed by atoms with E-state index in [2.05, 4.69) is 0 Å². The summed E-state index contributed by atoms with van der Waals surface area (Å²) in [5.41, 5.74) is 1.35. The summed E-state index contributed by atoms with van der Waals surface area (Å²) in [5.74, 6) is 0.492. The molecule has 0 atom stereocenters. The molecule has 0 N–H and O–H groups in total. The second kappa shape index (κ2) is 4.73. The molecule has 0 bridgehead atoms. The Hall–Kier alpha value is -1.64. The van der Waals surface area contributed by atoms with Crippen molar-refractivity contribution in [2.24, 2.45) is 0 Å². The molecule has 1 rings (SSSR count). The zero-order valence-corrected chi connectivity index (χ0v) is 9.11. The third kappa shape index (κ3) is 2.43. The molecule has 1 aromatic carbocycles. The molecule has 80 valence electrons. The number of hydrogen-bond donors (Lipinski definition) is 0. The zero-order valence-electron chi connectivity index (χ0n) is 9.11. The third-order valence-corrected chi connectivity index (χ3v) is 2.24. The number of aldehydes is 1. The number of carbonyl (C=O) groups is 2. The van der Waals surface area contributed by atoms with Crippen molar-refractivity contribution in [3.8, 4) is 5.75 Å². The van der Waals surface area contributed by atoms with Crippen molar-refractivity contribution in [2.75, 3.05) is 7.11 Å². The van der Waals surface area contributed by atoms with Crippen LogP contribution in [0.3, 0.4) is 0 Å². The molecule has 0 heterocycles. The molecule has 0 aliphatic rings. The van der Waals surface area contributed by atoms with E-state index in [0.29, 0.717) is 11.8 Å². The molecular weight excluding hydrogens is 192 g/mol. The summed E-state index contributed by atoms with van der Waals surface area (Å²) < 4.78 is 5.18. The van der Waals surface area contributed by atoms with Gasteiger partial charge in [0, 0.05) is 5.56 Å². The summed E-state index contributed by atoms with van der Waals surface area (Å²) in [6.07, 6.45) is 0.325. The van der Waals surface area contributed by atoms with Gasteiger partial charge in [0.25, 0.3) is 0 Å². The van der Waals surface area contributed by atoms with Gasteiger partial charge in [-0.2, -0.15) is 0 Å². The van der Waals surface area contributed by atoms with Crippen molar-refractivity contribution < 1.29 is 14.3 Å². The van der Waals surface area contributed by atoms with Crippen LogP contribution in [-0.2, 0) is 4.79 Å². The molecule has 0 spiro atoms. The highest BCUT2D eigenvalue weighted by atomic mass is 16.5. The molecule has 0 saturated carbocycles. The van der Waals surface area contributed by atoms with Gasteiger partial charge in [-0.25, -0.2) is 0 Å². The van der Waals surface area contributed by atoms with E-state index in [1.807, 2.05) is 13.8 Å². The first-order valence-electron chi connectivity index (χ1n) is 4.77. The van der Waals surface area contributed by atoms with Gasteiger partial charge in [0.1, 0.15) is 5.75 Å². The molecule has 0 aliphatic heterocycles. The topological polar surface area (TPSA) is 43.4 Å². The lowest BCUT2D eigenvalue weighted by Gasteiger charge is -2.12. The Balaban J connectivity index is 3.21. The normalized spacial score (nSPS) is 10.1. The number of benzene rings is 1. The van der Waals surface area contributed by atoms with Gasteiger partial charge in [0.15, 0.2) is 6.29 Å². The van der Waals surface area contributed by atoms with Crippen LogP contribution in [0.25, 0.3) is 0 Å². The predicted molar refractivity (Wildman–Crippen MR) is 57.5 cm³/mol. The summed E-state index contributed by atoms with van der Waals surface area (Å²) >= 11 is 0. The zero-order chi connectivity index (χ0) is 11.4. The fourth-order valence-electron chi connectivity index (χ4n) is 1.41. The summed E-state index contributed by atoms with van der Waals surface area (Å²) in [4.78, 5) is 21.5. The third-order valence-electron chi connectivity index (χ3n) is 2.24. The molecule has 0 amide bonds. The van der Waals surface area contributed by atoms with E-state index < -0.39 is 5.78 Å². The summed E-state index contributed by atoms with van der Waals surface area (Å²) in [7, 11) is 1.59. The molecule has 3 nitrogen and oxygen atoms in total. The van der Waals surface area contributed by atoms with Crippen LogP contribution in [0.4, 0.5) is 0 Å². The summed E-state index contributed by atoms with van der Waals surface area (Å²) in [6, 6.07) is 5.02. The number of carbonyl (C=O) groups excluding carboxylic acids is 2. The maximum atomic E-state index is 11.2. The van der Waals surface area contributed by atoms with Gasteiger partial charge in [0.2, 0.25) is 5.78 Å². The lowest BCUT2D eigenvalue weighted by atomic mass is 9.98. The van der Waals surface area contributed by atoms with E-state index in [9.17, 15) is 9.59 Å². The van der Waals surface area contributed by atoms with Gasteiger partial charge < -0.3 is 4.74 Å². The van der Waals surface area contributed by atoms with Gasteiger partial charge in [0.05, 0.1) is 7.11 Å². The Morgan fingerprint density at radius 2 is 2.07 bits per heavy atom. The van der Waals surface area contributed by atoms with Gasteiger partial charge in [-0.05, 0) is 29.7 Å². The van der Waals surface area contributed by atoms with Crippen molar-refractivity contribution in [3.05, 3.63) is 29.3 Å². The van der Waals surface area contributed by atoms with Crippen LogP contribution in [0, 0.1) is 0 Å². The largest absolute Gasteiger partial charge is 0.496 e. The van der Waals surface area contributed by atoms with Crippen molar-refractivity contribution in [2.45, 2.75) is 19.8 Å². The second-order valence-electron chi connectivity index (χ2n) is 3.59. The lowest BCUT2D eigenvalue weighted by Crippen LogP contribution is -2.02. The number of rotatable bonds is 4. The molecule has 0 radical (unpaired) electrons. The minimum atomic E-state index is -0.500. The fraction of sp³-hybridized carbons (Fsp3) is 0.333. The summed E-state index contributed by atoms with van der Waals surface area (Å²) in [5, 5.41) is 0. The van der Waals surface area contributed by atoms with E-state index in [4.69, 9.17) is 4.74 Å². The highest BCUT2D eigenvalue weighted by molar-refractivity contribution is 6.33. The molecule has 0 aromatic heterocycles. The highest BCUT2D eigenvalue weighted by Gasteiger charge is 2.11. The Kier molecular flexibility index (Phi) is 3.61. The minimum Gasteiger partial charge on any atom is -0.496 e. The molecule has 0 fully saturated rings. The van der Waals surface area contributed by atoms with Gasteiger partial charge in [-0.3, -0.25) is 9.59 Å². The van der Waals surface area contributed by atoms with Crippen LogP contribution in [-0.4, -0.2) is 19.2 Å². The first-order chi connectivity index (χ1) is 7.10. The number of Topliss-reactive ketones (excluding diaryl/α,β-unsaturated/α-hetero) is 1. The van der Waals surface area contributed by atoms with E-state index in [1.165, 1.54) is 0 Å². The smallest absolute Gasteiger partial charge is 0.225 e. The molecule has 0 saturated heterocycles. The SMILES string of the molecule is COc1ccc(C(=O)C=O)cc1C(C)C. The Labute approximate surface area is 89.1 Å². The van der Waals surface area contributed by atoms with E-state index in [1.54, 1.807) is 25.3 Å². The van der Waals surface area contributed by atoms with E-state index in [-0.39, 0.29) is 5.92 Å². The first-order valence-corrected chi connectivity index (χ1v) is 4.77. The lowest BCUT2D eigenvalue weighted by molar-refractivity contribution is -0.104. The highest BCUT2D eigenvalue weighted by Crippen LogP contribution is 2.27. The maximum Gasteiger partial charge on any atom is 0.225 e. The number of ether oxygens (including phenoxy) is 1. The first kappa shape index (κ1) is 11.4. The van der Waals surface area contributed by atoms with Crippen molar-refractivity contribution in [1.82, 2.24) is 0 Å². The fourth-order valence-corrected chi connectivity index (χ4v) is 1.41. The van der Waals surface area contributed by atoms with Gasteiger partial charge in [-0.1, -0.05) is 13.8 Å². The Morgan fingerprint density at radius 1 is 1.40 bits per heavy atom. The average molecular weight is 206 g/mol. The number of hydrogen-bond acceptors (Lipinski definition) is 3. The minimum absolute atomic E-state index is 0.249. The molecular formula is C12H14O3. The Bertz CT molecular complexity index is 380. The van der Waals surface area contributed by atoms with Crippen LogP contribution in [0.1, 0.15) is 35.7 Å². The van der Waals surface area contributed by atoms with Crippen LogP contribution >= 0.6 is 0 Å². The van der Waals surface area contributed by atoms with Gasteiger partial charge in [-0.15, -0.1) is 0 Å². The summed E-state index contributed by atoms with van der Waals surface area (Å²) in [6.45, 7) is 4.01. The van der Waals surface area contributed by atoms with Crippen LogP contribution < -0.4 is 4.74 Å². The van der Waals surface area contributed by atoms with Crippen molar-refractivity contribution >= 4 is 12.1 Å². The standard InChI is InChI=1S/C12H14O3/c1-8(2)10-6-9(11(14)7-13)4-5-12(10)15-3/h4-8H,1-3H3. The van der Waals surface area contributed by atoms with E-state index in [0.717, 1.165) is 11.3 Å². The van der Waals surface area contributed by atoms with Crippen molar-refractivity contribution in [3.63, 3.8) is 0 Å².